The summed E-state index contributed by atoms with van der Waals surface area (Å²) in [5.74, 6) is -3.28. The monoisotopic (exact) mass is 484 g/mol. The first-order valence-corrected chi connectivity index (χ1v) is 9.99. The quantitative estimate of drug-likeness (QED) is 0.274. The van der Waals surface area contributed by atoms with Crippen LogP contribution in [0.4, 0.5) is 19.7 Å². The zero-order valence-electron chi connectivity index (χ0n) is 16.2. The highest BCUT2D eigenvalue weighted by atomic mass is 35.5. The molecule has 3 amide bonds. The number of carboxylic acid groups (broad SMARTS) is 1. The molecule has 168 valence electrons. The van der Waals surface area contributed by atoms with E-state index in [0.717, 1.165) is 23.5 Å². The van der Waals surface area contributed by atoms with Gasteiger partial charge < -0.3 is 25.1 Å². The first kappa shape index (κ1) is 23.0. The lowest BCUT2D eigenvalue weighted by atomic mass is 10.0. The molecular weight excluding hydrogens is 471 g/mol. The number of thiophene rings is 1. The zero-order valence-corrected chi connectivity index (χ0v) is 17.7. The Morgan fingerprint density at radius 3 is 2.62 bits per heavy atom. The third-order valence-corrected chi connectivity index (χ3v) is 5.18. The summed E-state index contributed by atoms with van der Waals surface area (Å²) in [7, 11) is 0. The molecule has 1 aliphatic rings. The molecule has 1 atom stereocenters. The molecule has 1 aliphatic heterocycles. The number of halogens is 2. The van der Waals surface area contributed by atoms with Crippen LogP contribution in [-0.2, 0) is 23.8 Å². The molecule has 0 fully saturated rings. The molecule has 3 rings (SSSR count). The average Bonchev–Trinajstić information content (AvgIpc) is 3.31. The molecule has 0 saturated heterocycles. The number of hydrogen-bond acceptors (Lipinski definition) is 8. The maximum absolute atomic E-state index is 14.2. The van der Waals surface area contributed by atoms with Gasteiger partial charge in [0.1, 0.15) is 5.82 Å². The van der Waals surface area contributed by atoms with Crippen LogP contribution in [0.1, 0.15) is 17.4 Å². The molecule has 0 spiro atoms. The van der Waals surface area contributed by atoms with Gasteiger partial charge in [-0.1, -0.05) is 17.7 Å². The molecule has 32 heavy (non-hydrogen) atoms. The zero-order chi connectivity index (χ0) is 23.6. The second-order valence-corrected chi connectivity index (χ2v) is 7.53. The molecule has 0 aliphatic carbocycles. The van der Waals surface area contributed by atoms with Crippen molar-refractivity contribution in [2.24, 2.45) is 5.73 Å². The Hall–Kier alpha value is -3.64. The van der Waals surface area contributed by atoms with E-state index in [0.29, 0.717) is 9.78 Å². The third-order valence-electron chi connectivity index (χ3n) is 4.02. The molecule has 2 heterocycles. The van der Waals surface area contributed by atoms with Crippen molar-refractivity contribution in [1.29, 1.82) is 0 Å². The van der Waals surface area contributed by atoms with Gasteiger partial charge in [-0.15, -0.1) is 11.3 Å². The smallest absolute Gasteiger partial charge is 0.479 e. The Morgan fingerprint density at radius 1 is 1.31 bits per heavy atom. The predicted molar refractivity (Wildman–Crippen MR) is 110 cm³/mol. The SMILES string of the molecule is CC(OC(=O)OCC(=O)O)O/C(=C1\C(=O)N(C(N)=O)c2cc(Cl)c(F)cc21)c1cccs1. The molecule has 3 N–H and O–H groups in total. The molecule has 0 bridgehead atoms. The van der Waals surface area contributed by atoms with Crippen LogP contribution >= 0.6 is 22.9 Å². The second kappa shape index (κ2) is 9.24. The van der Waals surface area contributed by atoms with Crippen molar-refractivity contribution < 1.29 is 42.9 Å². The fraction of sp³-hybridized carbons (Fsp3) is 0.158. The van der Waals surface area contributed by atoms with Crippen molar-refractivity contribution in [3.63, 3.8) is 0 Å². The van der Waals surface area contributed by atoms with Crippen molar-refractivity contribution in [3.05, 3.63) is 50.9 Å². The summed E-state index contributed by atoms with van der Waals surface area (Å²) >= 11 is 6.95. The van der Waals surface area contributed by atoms with E-state index in [2.05, 4.69) is 4.74 Å². The van der Waals surface area contributed by atoms with Crippen LogP contribution in [0.25, 0.3) is 11.3 Å². The lowest BCUT2D eigenvalue weighted by molar-refractivity contribution is -0.142. The van der Waals surface area contributed by atoms with Crippen LogP contribution in [0.15, 0.2) is 29.6 Å². The van der Waals surface area contributed by atoms with E-state index in [9.17, 15) is 23.6 Å². The van der Waals surface area contributed by atoms with Crippen molar-refractivity contribution in [3.8, 4) is 0 Å². The number of nitrogens with two attached hydrogens (primary N) is 1. The molecule has 1 aromatic heterocycles. The number of amides is 3. The van der Waals surface area contributed by atoms with Gasteiger partial charge in [-0.3, -0.25) is 4.79 Å². The van der Waals surface area contributed by atoms with Crippen molar-refractivity contribution in [2.75, 3.05) is 11.5 Å². The Balaban J connectivity index is 2.05. The summed E-state index contributed by atoms with van der Waals surface area (Å²) in [4.78, 5) is 48.1. The van der Waals surface area contributed by atoms with E-state index in [1.165, 1.54) is 6.92 Å². The Kier molecular flexibility index (Phi) is 6.65. The normalized spacial score (nSPS) is 15.1. The number of carbonyl (C=O) groups excluding carboxylic acids is 3. The van der Waals surface area contributed by atoms with E-state index in [1.807, 2.05) is 0 Å². The Bertz CT molecular complexity index is 1130. The van der Waals surface area contributed by atoms with Gasteiger partial charge in [0.2, 0.25) is 6.29 Å². The number of imide groups is 1. The number of hydrogen-bond donors (Lipinski definition) is 2. The average molecular weight is 485 g/mol. The first-order chi connectivity index (χ1) is 15.1. The highest BCUT2D eigenvalue weighted by Gasteiger charge is 2.40. The van der Waals surface area contributed by atoms with Crippen LogP contribution in [0.3, 0.4) is 0 Å². The number of benzene rings is 1. The number of aliphatic carboxylic acids is 1. The fourth-order valence-corrected chi connectivity index (χ4v) is 3.70. The van der Waals surface area contributed by atoms with E-state index in [4.69, 9.17) is 31.9 Å². The van der Waals surface area contributed by atoms with Gasteiger partial charge in [0, 0.05) is 12.5 Å². The lowest BCUT2D eigenvalue weighted by Gasteiger charge is -2.18. The molecule has 0 saturated carbocycles. The number of carbonyl (C=O) groups is 4. The van der Waals surface area contributed by atoms with Crippen LogP contribution in [0, 0.1) is 5.82 Å². The van der Waals surface area contributed by atoms with Gasteiger partial charge in [0.25, 0.3) is 5.91 Å². The molecule has 0 radical (unpaired) electrons. The van der Waals surface area contributed by atoms with Crippen molar-refractivity contribution >= 4 is 64.0 Å². The number of nitrogens with zero attached hydrogens (tertiary/aromatic N) is 1. The van der Waals surface area contributed by atoms with Gasteiger partial charge in [-0.25, -0.2) is 23.7 Å². The van der Waals surface area contributed by atoms with Crippen LogP contribution in [0.2, 0.25) is 5.02 Å². The maximum Gasteiger partial charge on any atom is 0.511 e. The molecule has 1 aromatic carbocycles. The van der Waals surface area contributed by atoms with Crippen LogP contribution < -0.4 is 10.6 Å². The Labute approximate surface area is 188 Å². The van der Waals surface area contributed by atoms with E-state index in [1.54, 1.807) is 17.5 Å². The van der Waals surface area contributed by atoms with Crippen molar-refractivity contribution in [1.82, 2.24) is 0 Å². The van der Waals surface area contributed by atoms with E-state index >= 15 is 0 Å². The van der Waals surface area contributed by atoms with Gasteiger partial charge in [0.15, 0.2) is 12.4 Å². The topological polar surface area (TPSA) is 145 Å². The summed E-state index contributed by atoms with van der Waals surface area (Å²) in [5, 5.41) is 9.89. The van der Waals surface area contributed by atoms with Crippen LogP contribution in [-0.4, -0.2) is 42.1 Å². The number of anilines is 1. The highest BCUT2D eigenvalue weighted by molar-refractivity contribution is 7.11. The van der Waals surface area contributed by atoms with Gasteiger partial charge in [0.05, 0.1) is 21.2 Å². The number of urea groups is 1. The first-order valence-electron chi connectivity index (χ1n) is 8.73. The number of rotatable bonds is 6. The largest absolute Gasteiger partial charge is 0.511 e. The van der Waals surface area contributed by atoms with Gasteiger partial charge in [-0.2, -0.15) is 0 Å². The number of fused-ring (bicyclic) bond motifs is 1. The van der Waals surface area contributed by atoms with E-state index < -0.39 is 42.8 Å². The minimum absolute atomic E-state index is 0.0141. The highest BCUT2D eigenvalue weighted by Crippen LogP contribution is 2.44. The number of primary amides is 1. The van der Waals surface area contributed by atoms with Crippen molar-refractivity contribution in [2.45, 2.75) is 13.2 Å². The summed E-state index contributed by atoms with van der Waals surface area (Å²) in [6.45, 7) is 0.356. The Morgan fingerprint density at radius 2 is 2.03 bits per heavy atom. The van der Waals surface area contributed by atoms with Crippen LogP contribution in [0.5, 0.6) is 0 Å². The summed E-state index contributed by atoms with van der Waals surface area (Å²) in [5.41, 5.74) is 5.06. The molecular formula is C19H14ClFN2O8S. The van der Waals surface area contributed by atoms with E-state index in [-0.39, 0.29) is 27.6 Å². The standard InChI is InChI=1S/C19H14ClFN2O8S/c1-8(31-19(28)29-7-14(24)25)30-16(13-3-2-4-32-13)15-9-5-11(21)10(20)6-12(9)23(17(15)26)18(22)27/h2-6,8H,7H2,1H3,(H2,22,27)(H,24,25)/b16-15-. The third kappa shape index (κ3) is 4.65. The predicted octanol–water partition coefficient (Wildman–Crippen LogP) is 3.43. The summed E-state index contributed by atoms with van der Waals surface area (Å²) < 4.78 is 29.1. The van der Waals surface area contributed by atoms with Gasteiger partial charge >= 0.3 is 18.2 Å². The summed E-state index contributed by atoms with van der Waals surface area (Å²) in [6, 6.07) is 4.13. The van der Waals surface area contributed by atoms with Gasteiger partial charge in [-0.05, 0) is 23.6 Å². The number of ether oxygens (including phenoxy) is 3. The fourth-order valence-electron chi connectivity index (χ4n) is 2.82. The molecule has 10 nitrogen and oxygen atoms in total. The summed E-state index contributed by atoms with van der Waals surface area (Å²) in [6.07, 6.45) is -2.69. The minimum atomic E-state index is -1.39. The number of carboxylic acids is 1. The molecule has 1 unspecified atom stereocenters. The maximum atomic E-state index is 14.2. The lowest BCUT2D eigenvalue weighted by Crippen LogP contribution is -2.38. The molecule has 2 aromatic rings. The second-order valence-electron chi connectivity index (χ2n) is 6.18. The minimum Gasteiger partial charge on any atom is -0.479 e. The molecule has 13 heteroatoms.